The van der Waals surface area contributed by atoms with E-state index < -0.39 is 0 Å². The standard InChI is InChI=1S/C7H9BrNP/c1-10(2)7-5-3-4-6(8)9-7/h3-5H,1-2H3. The van der Waals surface area contributed by atoms with Gasteiger partial charge in [0.1, 0.15) is 4.60 Å². The van der Waals surface area contributed by atoms with E-state index in [0.717, 1.165) is 4.60 Å². The SMILES string of the molecule is CP(C)c1cccc(Br)n1. The first-order chi connectivity index (χ1) is 4.70. The van der Waals surface area contributed by atoms with Crippen molar-refractivity contribution in [2.45, 2.75) is 0 Å². The lowest BCUT2D eigenvalue weighted by molar-refractivity contribution is 1.33. The van der Waals surface area contributed by atoms with Gasteiger partial charge in [-0.1, -0.05) is 14.0 Å². The highest BCUT2D eigenvalue weighted by molar-refractivity contribution is 9.10. The average molecular weight is 218 g/mol. The first kappa shape index (κ1) is 8.16. The fourth-order valence-electron chi connectivity index (χ4n) is 0.647. The highest BCUT2D eigenvalue weighted by Crippen LogP contribution is 2.22. The summed E-state index contributed by atoms with van der Waals surface area (Å²) in [6.07, 6.45) is 0. The van der Waals surface area contributed by atoms with Crippen LogP contribution in [0, 0.1) is 0 Å². The van der Waals surface area contributed by atoms with Gasteiger partial charge in [0.15, 0.2) is 0 Å². The molecule has 10 heavy (non-hydrogen) atoms. The molecule has 0 aliphatic carbocycles. The Morgan fingerprint density at radius 2 is 2.10 bits per heavy atom. The zero-order valence-corrected chi connectivity index (χ0v) is 8.48. The largest absolute Gasteiger partial charge is 0.241 e. The zero-order chi connectivity index (χ0) is 7.56. The maximum Gasteiger partial charge on any atom is 0.106 e. The van der Waals surface area contributed by atoms with Gasteiger partial charge in [-0.3, -0.25) is 0 Å². The molecule has 0 radical (unpaired) electrons. The third-order valence-corrected chi connectivity index (χ3v) is 2.77. The number of aromatic nitrogens is 1. The monoisotopic (exact) mass is 217 g/mol. The Kier molecular flexibility index (Phi) is 2.82. The van der Waals surface area contributed by atoms with E-state index in [2.05, 4.69) is 40.3 Å². The number of hydrogen-bond donors (Lipinski definition) is 0. The number of halogens is 1. The van der Waals surface area contributed by atoms with E-state index in [1.807, 2.05) is 12.1 Å². The van der Waals surface area contributed by atoms with E-state index in [0.29, 0.717) is 0 Å². The molecule has 0 atom stereocenters. The van der Waals surface area contributed by atoms with Crippen LogP contribution in [-0.4, -0.2) is 18.3 Å². The van der Waals surface area contributed by atoms with E-state index in [1.54, 1.807) is 0 Å². The van der Waals surface area contributed by atoms with Crippen molar-refractivity contribution in [1.82, 2.24) is 4.98 Å². The van der Waals surface area contributed by atoms with Crippen LogP contribution in [0.4, 0.5) is 0 Å². The minimum Gasteiger partial charge on any atom is -0.241 e. The molecule has 0 aromatic carbocycles. The van der Waals surface area contributed by atoms with Crippen molar-refractivity contribution in [1.29, 1.82) is 0 Å². The molecule has 0 saturated heterocycles. The molecule has 0 spiro atoms. The van der Waals surface area contributed by atoms with Crippen LogP contribution in [0.3, 0.4) is 0 Å². The Morgan fingerprint density at radius 1 is 1.40 bits per heavy atom. The molecular formula is C7H9BrNP. The Hall–Kier alpha value is 0.0600. The van der Waals surface area contributed by atoms with Crippen LogP contribution < -0.4 is 5.44 Å². The first-order valence-electron chi connectivity index (χ1n) is 3.00. The Morgan fingerprint density at radius 3 is 2.50 bits per heavy atom. The summed E-state index contributed by atoms with van der Waals surface area (Å²) in [6, 6.07) is 6.04. The van der Waals surface area contributed by atoms with Crippen LogP contribution >= 0.6 is 23.9 Å². The summed E-state index contributed by atoms with van der Waals surface area (Å²) >= 11 is 3.33. The van der Waals surface area contributed by atoms with Crippen molar-refractivity contribution < 1.29 is 0 Å². The summed E-state index contributed by atoms with van der Waals surface area (Å²) in [7, 11) is -0.0529. The van der Waals surface area contributed by atoms with Gasteiger partial charge in [-0.05, 0) is 41.4 Å². The Bertz CT molecular complexity index is 225. The maximum absolute atomic E-state index is 4.32. The molecule has 0 amide bonds. The molecule has 1 aromatic rings. The van der Waals surface area contributed by atoms with Gasteiger partial charge in [-0.25, -0.2) is 4.98 Å². The van der Waals surface area contributed by atoms with Gasteiger partial charge < -0.3 is 0 Å². The van der Waals surface area contributed by atoms with E-state index in [-0.39, 0.29) is 7.92 Å². The van der Waals surface area contributed by atoms with Crippen molar-refractivity contribution in [3.05, 3.63) is 22.8 Å². The number of nitrogens with zero attached hydrogens (tertiary/aromatic N) is 1. The predicted octanol–water partition coefficient (Wildman–Crippen LogP) is 2.21. The Labute approximate surface area is 70.7 Å². The normalized spacial score (nSPS) is 10.4. The highest BCUT2D eigenvalue weighted by Gasteiger charge is 1.98. The smallest absolute Gasteiger partial charge is 0.106 e. The summed E-state index contributed by atoms with van der Waals surface area (Å²) in [6.45, 7) is 4.40. The Balaban J connectivity index is 2.96. The minimum absolute atomic E-state index is 0.0529. The summed E-state index contributed by atoms with van der Waals surface area (Å²) < 4.78 is 0.932. The van der Waals surface area contributed by atoms with Gasteiger partial charge in [0, 0.05) is 0 Å². The summed E-state index contributed by atoms with van der Waals surface area (Å²) in [5.74, 6) is 0. The molecule has 0 N–H and O–H groups in total. The lowest BCUT2D eigenvalue weighted by Gasteiger charge is -2.02. The summed E-state index contributed by atoms with van der Waals surface area (Å²) in [4.78, 5) is 4.32. The van der Waals surface area contributed by atoms with Crippen LogP contribution in [0.5, 0.6) is 0 Å². The molecule has 3 heteroatoms. The van der Waals surface area contributed by atoms with E-state index in [4.69, 9.17) is 0 Å². The third kappa shape index (κ3) is 2.03. The molecule has 1 heterocycles. The molecule has 0 unspecified atom stereocenters. The number of pyridine rings is 1. The molecule has 0 aliphatic heterocycles. The summed E-state index contributed by atoms with van der Waals surface area (Å²) in [5.41, 5.74) is 1.20. The molecule has 0 saturated carbocycles. The molecule has 0 fully saturated rings. The van der Waals surface area contributed by atoms with Crippen LogP contribution in [0.2, 0.25) is 0 Å². The molecule has 54 valence electrons. The van der Waals surface area contributed by atoms with Crippen molar-refractivity contribution in [3.8, 4) is 0 Å². The van der Waals surface area contributed by atoms with Crippen molar-refractivity contribution in [2.75, 3.05) is 13.3 Å². The minimum atomic E-state index is -0.0529. The fraction of sp³-hybridized carbons (Fsp3) is 0.286. The molecule has 1 aromatic heterocycles. The third-order valence-electron chi connectivity index (χ3n) is 1.16. The van der Waals surface area contributed by atoms with Gasteiger partial charge in [0.2, 0.25) is 0 Å². The van der Waals surface area contributed by atoms with E-state index in [1.165, 1.54) is 5.44 Å². The molecule has 1 rings (SSSR count). The summed E-state index contributed by atoms with van der Waals surface area (Å²) in [5, 5.41) is 0. The van der Waals surface area contributed by atoms with Gasteiger partial charge in [0.05, 0.1) is 5.44 Å². The van der Waals surface area contributed by atoms with Crippen LogP contribution in [-0.2, 0) is 0 Å². The van der Waals surface area contributed by atoms with Crippen molar-refractivity contribution in [2.24, 2.45) is 0 Å². The molecular weight excluding hydrogens is 209 g/mol. The van der Waals surface area contributed by atoms with Crippen molar-refractivity contribution in [3.63, 3.8) is 0 Å². The van der Waals surface area contributed by atoms with Gasteiger partial charge in [-0.2, -0.15) is 0 Å². The van der Waals surface area contributed by atoms with E-state index >= 15 is 0 Å². The molecule has 0 bridgehead atoms. The van der Waals surface area contributed by atoms with Crippen LogP contribution in [0.25, 0.3) is 0 Å². The average Bonchev–Trinajstić information content (AvgIpc) is 1.88. The second-order valence-electron chi connectivity index (χ2n) is 2.21. The van der Waals surface area contributed by atoms with Crippen LogP contribution in [0.1, 0.15) is 0 Å². The second kappa shape index (κ2) is 3.45. The van der Waals surface area contributed by atoms with Gasteiger partial charge >= 0.3 is 0 Å². The van der Waals surface area contributed by atoms with Gasteiger partial charge in [-0.15, -0.1) is 0 Å². The first-order valence-corrected chi connectivity index (χ1v) is 6.03. The van der Waals surface area contributed by atoms with Crippen LogP contribution in [0.15, 0.2) is 22.8 Å². The lowest BCUT2D eigenvalue weighted by atomic mass is 10.5. The molecule has 0 aliphatic rings. The lowest BCUT2D eigenvalue weighted by Crippen LogP contribution is -2.03. The predicted molar refractivity (Wildman–Crippen MR) is 50.3 cm³/mol. The topological polar surface area (TPSA) is 12.9 Å². The van der Waals surface area contributed by atoms with Gasteiger partial charge in [0.25, 0.3) is 0 Å². The quantitative estimate of drug-likeness (QED) is 0.520. The highest BCUT2D eigenvalue weighted by atomic mass is 79.9. The van der Waals surface area contributed by atoms with E-state index in [9.17, 15) is 0 Å². The molecule has 1 nitrogen and oxygen atoms in total. The zero-order valence-electron chi connectivity index (χ0n) is 6.00. The second-order valence-corrected chi connectivity index (χ2v) is 5.27. The fourth-order valence-corrected chi connectivity index (χ4v) is 1.82. The number of rotatable bonds is 1. The maximum atomic E-state index is 4.32. The van der Waals surface area contributed by atoms with Crippen molar-refractivity contribution >= 4 is 29.3 Å². The number of hydrogen-bond acceptors (Lipinski definition) is 1.